The molecule has 1 N–H and O–H groups in total. The van der Waals surface area contributed by atoms with E-state index < -0.39 is 0 Å². The second-order valence-electron chi connectivity index (χ2n) is 7.53. The van der Waals surface area contributed by atoms with E-state index in [9.17, 15) is 9.59 Å². The van der Waals surface area contributed by atoms with E-state index in [2.05, 4.69) is 15.0 Å². The average Bonchev–Trinajstić information content (AvgIpc) is 3.25. The van der Waals surface area contributed by atoms with Crippen LogP contribution in [-0.2, 0) is 17.8 Å². The number of benzene rings is 2. The first-order valence-corrected chi connectivity index (χ1v) is 10.6. The first kappa shape index (κ1) is 21.4. The summed E-state index contributed by atoms with van der Waals surface area (Å²) < 4.78 is 8.95. The summed E-state index contributed by atoms with van der Waals surface area (Å²) in [5, 5.41) is 7.47. The molecule has 32 heavy (non-hydrogen) atoms. The van der Waals surface area contributed by atoms with Crippen LogP contribution in [0.25, 0.3) is 16.9 Å². The molecule has 164 valence electrons. The third-order valence-electron chi connectivity index (χ3n) is 5.62. The maximum absolute atomic E-state index is 13.3. The maximum atomic E-state index is 13.3. The molecule has 2 heterocycles. The molecule has 0 saturated carbocycles. The summed E-state index contributed by atoms with van der Waals surface area (Å²) in [7, 11) is 1.61. The summed E-state index contributed by atoms with van der Waals surface area (Å²) in [5.41, 5.74) is 4.19. The van der Waals surface area contributed by atoms with E-state index in [-0.39, 0.29) is 17.9 Å². The van der Waals surface area contributed by atoms with E-state index >= 15 is 0 Å². The van der Waals surface area contributed by atoms with Crippen LogP contribution in [-0.4, -0.2) is 27.2 Å². The molecule has 2 aromatic carbocycles. The zero-order chi connectivity index (χ0) is 22.7. The lowest BCUT2D eigenvalue weighted by atomic mass is 10.1. The molecule has 0 spiro atoms. The van der Waals surface area contributed by atoms with Crippen LogP contribution in [0.2, 0.25) is 0 Å². The number of aryl methyl sites for hydroxylation is 1. The lowest BCUT2D eigenvalue weighted by Gasteiger charge is -2.14. The molecule has 2 aromatic heterocycles. The number of nitrogens with zero attached hydrogens (tertiary/aromatic N) is 3. The Morgan fingerprint density at radius 1 is 1.09 bits per heavy atom. The number of hydrogen-bond acceptors (Lipinski definition) is 4. The molecule has 0 fully saturated rings. The van der Waals surface area contributed by atoms with Gasteiger partial charge in [-0.05, 0) is 44.5 Å². The maximum Gasteiger partial charge on any atom is 0.277 e. The largest absolute Gasteiger partial charge is 0.496 e. The monoisotopic (exact) mass is 430 g/mol. The number of methoxy groups -OCH3 is 1. The normalized spacial score (nSPS) is 11.0. The lowest BCUT2D eigenvalue weighted by Crippen LogP contribution is -2.26. The van der Waals surface area contributed by atoms with Crippen LogP contribution < -0.4 is 15.6 Å². The Morgan fingerprint density at radius 3 is 2.53 bits per heavy atom. The van der Waals surface area contributed by atoms with Gasteiger partial charge in [0.1, 0.15) is 11.4 Å². The van der Waals surface area contributed by atoms with Gasteiger partial charge >= 0.3 is 0 Å². The fourth-order valence-electron chi connectivity index (χ4n) is 3.99. The number of anilines is 1. The van der Waals surface area contributed by atoms with E-state index in [1.54, 1.807) is 7.11 Å². The van der Waals surface area contributed by atoms with E-state index in [4.69, 9.17) is 4.74 Å². The summed E-state index contributed by atoms with van der Waals surface area (Å²) in [6, 6.07) is 18.8. The molecule has 0 bridgehead atoms. The second-order valence-corrected chi connectivity index (χ2v) is 7.53. The Morgan fingerprint density at radius 2 is 1.81 bits per heavy atom. The average molecular weight is 431 g/mol. The van der Waals surface area contributed by atoms with Gasteiger partial charge in [0.25, 0.3) is 5.56 Å². The minimum Gasteiger partial charge on any atom is -0.496 e. The van der Waals surface area contributed by atoms with Gasteiger partial charge in [0.15, 0.2) is 0 Å². The third kappa shape index (κ3) is 4.01. The van der Waals surface area contributed by atoms with Crippen molar-refractivity contribution in [2.75, 3.05) is 12.4 Å². The summed E-state index contributed by atoms with van der Waals surface area (Å²) in [4.78, 5) is 25.7. The zero-order valence-corrected chi connectivity index (χ0v) is 18.5. The fourth-order valence-corrected chi connectivity index (χ4v) is 3.99. The van der Waals surface area contributed by atoms with Crippen LogP contribution in [0.1, 0.15) is 24.6 Å². The van der Waals surface area contributed by atoms with Crippen molar-refractivity contribution in [2.24, 2.45) is 0 Å². The van der Waals surface area contributed by atoms with Gasteiger partial charge in [-0.25, -0.2) is 0 Å². The molecule has 1 amide bonds. The van der Waals surface area contributed by atoms with Gasteiger partial charge in [0, 0.05) is 41.5 Å². The zero-order valence-electron chi connectivity index (χ0n) is 18.5. The molecular weight excluding hydrogens is 404 g/mol. The number of para-hydroxylation sites is 2. The predicted octanol–water partition coefficient (Wildman–Crippen LogP) is 4.07. The Hall–Kier alpha value is -3.87. The highest BCUT2D eigenvalue weighted by Crippen LogP contribution is 2.29. The van der Waals surface area contributed by atoms with Crippen LogP contribution in [0.3, 0.4) is 0 Å². The molecular formula is C25H26N4O3. The van der Waals surface area contributed by atoms with Gasteiger partial charge < -0.3 is 14.6 Å². The molecule has 0 unspecified atom stereocenters. The number of aromatic nitrogens is 3. The highest BCUT2D eigenvalue weighted by Gasteiger charge is 2.18. The van der Waals surface area contributed by atoms with Crippen LogP contribution in [0.5, 0.6) is 5.75 Å². The number of rotatable bonds is 7. The van der Waals surface area contributed by atoms with E-state index in [0.717, 1.165) is 16.9 Å². The number of fused-ring (bicyclic) bond motifs is 1. The lowest BCUT2D eigenvalue weighted by molar-refractivity contribution is -0.116. The highest BCUT2D eigenvalue weighted by atomic mass is 16.5. The van der Waals surface area contributed by atoms with Crippen molar-refractivity contribution in [2.45, 2.75) is 33.2 Å². The number of hydrogen-bond donors (Lipinski definition) is 1. The van der Waals surface area contributed by atoms with Crippen molar-refractivity contribution in [3.63, 3.8) is 0 Å². The van der Waals surface area contributed by atoms with Gasteiger partial charge in [-0.3, -0.25) is 9.59 Å². The molecule has 0 atom stereocenters. The highest BCUT2D eigenvalue weighted by molar-refractivity contribution is 5.90. The topological polar surface area (TPSA) is 77.6 Å². The molecule has 0 saturated heterocycles. The molecule has 0 aliphatic rings. The molecule has 0 aliphatic carbocycles. The van der Waals surface area contributed by atoms with Crippen molar-refractivity contribution in [1.29, 1.82) is 0 Å². The minimum atomic E-state index is -0.198. The van der Waals surface area contributed by atoms with Gasteiger partial charge in [-0.2, -0.15) is 9.61 Å². The van der Waals surface area contributed by atoms with Crippen molar-refractivity contribution < 1.29 is 9.53 Å². The molecule has 0 aliphatic heterocycles. The number of nitrogens with one attached hydrogen (secondary N) is 1. The third-order valence-corrected chi connectivity index (χ3v) is 5.62. The van der Waals surface area contributed by atoms with Crippen LogP contribution in [0, 0.1) is 6.92 Å². The Balaban J connectivity index is 1.69. The van der Waals surface area contributed by atoms with Crippen molar-refractivity contribution in [1.82, 2.24) is 14.2 Å². The number of carbonyl (C=O) groups is 1. The van der Waals surface area contributed by atoms with E-state index in [1.165, 1.54) is 4.52 Å². The first-order chi connectivity index (χ1) is 15.5. The van der Waals surface area contributed by atoms with E-state index in [1.807, 2.05) is 74.5 Å². The Labute approximate surface area is 186 Å². The number of carbonyl (C=O) groups excluding carboxylic acids is 1. The van der Waals surface area contributed by atoms with Crippen molar-refractivity contribution in [3.05, 3.63) is 82.3 Å². The summed E-state index contributed by atoms with van der Waals surface area (Å²) in [6.45, 7) is 4.63. The number of amides is 1. The smallest absolute Gasteiger partial charge is 0.277 e. The molecule has 7 nitrogen and oxygen atoms in total. The quantitative estimate of drug-likeness (QED) is 0.479. The van der Waals surface area contributed by atoms with Gasteiger partial charge in [0.05, 0.1) is 12.8 Å². The number of ether oxygens (including phenoxy) is 1. The molecule has 7 heteroatoms. The second kappa shape index (κ2) is 9.09. The van der Waals surface area contributed by atoms with Gasteiger partial charge in [0.2, 0.25) is 5.91 Å². The summed E-state index contributed by atoms with van der Waals surface area (Å²) in [6.07, 6.45) is 0.546. The summed E-state index contributed by atoms with van der Waals surface area (Å²) in [5.74, 6) is 0.564. The minimum absolute atomic E-state index is 0.131. The summed E-state index contributed by atoms with van der Waals surface area (Å²) >= 11 is 0. The standard InChI is InChI=1S/C25H26N4O3/c1-4-28-17(2)19(14-15-23(30)26-18-10-6-5-7-11-18)25(31)29-24(28)16-21(27-29)20-12-8-9-13-22(20)32-3/h5-13,16H,4,14-15H2,1-3H3,(H,26,30). The molecule has 4 rings (SSSR count). The van der Waals surface area contributed by atoms with Crippen LogP contribution in [0.15, 0.2) is 65.5 Å². The van der Waals surface area contributed by atoms with E-state index in [0.29, 0.717) is 35.6 Å². The first-order valence-electron chi connectivity index (χ1n) is 10.6. The van der Waals surface area contributed by atoms with Gasteiger partial charge in [-0.1, -0.05) is 30.3 Å². The SMILES string of the molecule is CCn1c(C)c(CCC(=O)Nc2ccccc2)c(=O)n2nc(-c3ccccc3OC)cc12. The fraction of sp³-hybridized carbons (Fsp3) is 0.240. The van der Waals surface area contributed by atoms with Crippen LogP contribution >= 0.6 is 0 Å². The van der Waals surface area contributed by atoms with Crippen molar-refractivity contribution >= 4 is 17.2 Å². The van der Waals surface area contributed by atoms with Crippen molar-refractivity contribution in [3.8, 4) is 17.0 Å². The predicted molar refractivity (Wildman–Crippen MR) is 125 cm³/mol. The van der Waals surface area contributed by atoms with Crippen LogP contribution in [0.4, 0.5) is 5.69 Å². The molecule has 4 aromatic rings. The van der Waals surface area contributed by atoms with Gasteiger partial charge in [-0.15, -0.1) is 0 Å². The Kier molecular flexibility index (Phi) is 6.07. The Bertz CT molecular complexity index is 1320. The molecule has 0 radical (unpaired) electrons.